The van der Waals surface area contributed by atoms with E-state index in [0.29, 0.717) is 11.6 Å². The smallest absolute Gasteiger partial charge is 0.387 e. The van der Waals surface area contributed by atoms with Crippen molar-refractivity contribution in [2.75, 3.05) is 14.2 Å². The topological polar surface area (TPSA) is 74.6 Å². The van der Waals surface area contributed by atoms with Gasteiger partial charge in [-0.3, -0.25) is 4.79 Å². The van der Waals surface area contributed by atoms with Crippen LogP contribution in [0.15, 0.2) is 54.9 Å². The number of methoxy groups -OCH3 is 2. The van der Waals surface area contributed by atoms with Crippen LogP contribution in [0.1, 0.15) is 27.8 Å². The summed E-state index contributed by atoms with van der Waals surface area (Å²) in [6, 6.07) is 10.7. The Labute approximate surface area is 172 Å². The number of benzene rings is 2. The summed E-state index contributed by atoms with van der Waals surface area (Å²) in [6.45, 7) is -3.00. The summed E-state index contributed by atoms with van der Waals surface area (Å²) < 4.78 is 41.5. The van der Waals surface area contributed by atoms with Gasteiger partial charge in [-0.2, -0.15) is 8.78 Å². The number of ether oxygens (including phenoxy) is 3. The molecule has 0 saturated carbocycles. The highest BCUT2D eigenvalue weighted by atomic mass is 19.3. The van der Waals surface area contributed by atoms with Crippen molar-refractivity contribution in [1.29, 1.82) is 0 Å². The molecular formula is C21H21F2N3O4. The van der Waals surface area contributed by atoms with E-state index in [-0.39, 0.29) is 17.1 Å². The first kappa shape index (κ1) is 21.1. The Morgan fingerprint density at radius 2 is 1.80 bits per heavy atom. The number of imidazole rings is 1. The number of carbonyl (C=O) groups excluding carboxylic acids is 1. The van der Waals surface area contributed by atoms with Crippen molar-refractivity contribution in [2.45, 2.75) is 12.7 Å². The molecule has 0 aliphatic rings. The predicted octanol–water partition coefficient (Wildman–Crippen LogP) is 3.56. The molecule has 0 bridgehead atoms. The number of nitrogens with zero attached hydrogens (tertiary/aromatic N) is 2. The third-order valence-electron chi connectivity index (χ3n) is 4.48. The van der Waals surface area contributed by atoms with Crippen LogP contribution in [-0.2, 0) is 7.05 Å². The van der Waals surface area contributed by atoms with Crippen LogP contribution >= 0.6 is 0 Å². The maximum atomic E-state index is 12.9. The fourth-order valence-electron chi connectivity index (χ4n) is 2.97. The highest BCUT2D eigenvalue weighted by Gasteiger charge is 2.22. The quantitative estimate of drug-likeness (QED) is 0.607. The van der Waals surface area contributed by atoms with Gasteiger partial charge in [0.25, 0.3) is 5.91 Å². The molecule has 1 heterocycles. The molecule has 3 rings (SSSR count). The monoisotopic (exact) mass is 417 g/mol. The van der Waals surface area contributed by atoms with Crippen LogP contribution < -0.4 is 19.5 Å². The predicted molar refractivity (Wildman–Crippen MR) is 105 cm³/mol. The minimum Gasteiger partial charge on any atom is -0.497 e. The van der Waals surface area contributed by atoms with Crippen LogP contribution in [0.5, 0.6) is 17.2 Å². The molecule has 30 heavy (non-hydrogen) atoms. The molecule has 0 aliphatic heterocycles. The second kappa shape index (κ2) is 9.25. The lowest BCUT2D eigenvalue weighted by Crippen LogP contribution is -2.31. The fraction of sp³-hybridized carbons (Fsp3) is 0.238. The molecule has 0 fully saturated rings. The lowest BCUT2D eigenvalue weighted by molar-refractivity contribution is -0.0512. The molecule has 1 atom stereocenters. The molecule has 7 nitrogen and oxygen atoms in total. The summed E-state index contributed by atoms with van der Waals surface area (Å²) in [7, 11) is 4.70. The molecule has 0 spiro atoms. The molecule has 2 aromatic carbocycles. The van der Waals surface area contributed by atoms with Crippen LogP contribution in [0.25, 0.3) is 0 Å². The van der Waals surface area contributed by atoms with E-state index in [1.807, 2.05) is 19.2 Å². The van der Waals surface area contributed by atoms with Crippen LogP contribution in [0.3, 0.4) is 0 Å². The maximum absolute atomic E-state index is 12.9. The summed E-state index contributed by atoms with van der Waals surface area (Å²) in [4.78, 5) is 17.3. The highest BCUT2D eigenvalue weighted by Crippen LogP contribution is 2.30. The Hall–Kier alpha value is -3.62. The van der Waals surface area contributed by atoms with Crippen LogP contribution in [0.2, 0.25) is 0 Å². The number of rotatable bonds is 8. The number of alkyl halides is 2. The minimum absolute atomic E-state index is 0.0286. The standard InChI is InChI=1S/C21H21F2N3O4/c1-26-11-10-24-19(26)18(13-4-7-15(28-2)8-5-13)25-20(27)14-6-9-16(30-21(22)23)17(12-14)29-3/h4-12,18,21H,1-3H3,(H,25,27). The van der Waals surface area contributed by atoms with Crippen molar-refractivity contribution >= 4 is 5.91 Å². The lowest BCUT2D eigenvalue weighted by atomic mass is 10.0. The Bertz CT molecular complexity index is 1010. The number of hydrogen-bond acceptors (Lipinski definition) is 5. The number of nitrogens with one attached hydrogen (secondary N) is 1. The SMILES string of the molecule is COc1ccc(C(NC(=O)c2ccc(OC(F)F)c(OC)c2)c2nccn2C)cc1. The van der Waals surface area contributed by atoms with Gasteiger partial charge in [-0.25, -0.2) is 4.98 Å². The Kier molecular flexibility index (Phi) is 6.51. The van der Waals surface area contributed by atoms with Crippen LogP contribution in [-0.4, -0.2) is 36.3 Å². The van der Waals surface area contributed by atoms with Crippen LogP contribution in [0.4, 0.5) is 8.78 Å². The molecule has 1 aromatic heterocycles. The molecule has 3 aromatic rings. The molecule has 1 amide bonds. The van der Waals surface area contributed by atoms with Gasteiger partial charge in [-0.15, -0.1) is 0 Å². The van der Waals surface area contributed by atoms with Crippen molar-refractivity contribution in [1.82, 2.24) is 14.9 Å². The molecular weight excluding hydrogens is 396 g/mol. The zero-order valence-corrected chi connectivity index (χ0v) is 16.6. The van der Waals surface area contributed by atoms with Gasteiger partial charge in [0.2, 0.25) is 0 Å². The second-order valence-corrected chi connectivity index (χ2v) is 6.32. The number of carbonyl (C=O) groups is 1. The van der Waals surface area contributed by atoms with Gasteiger partial charge >= 0.3 is 6.61 Å². The van der Waals surface area contributed by atoms with E-state index in [1.54, 1.807) is 36.2 Å². The summed E-state index contributed by atoms with van der Waals surface area (Å²) in [6.07, 6.45) is 3.41. The summed E-state index contributed by atoms with van der Waals surface area (Å²) in [5, 5.41) is 2.93. The maximum Gasteiger partial charge on any atom is 0.387 e. The minimum atomic E-state index is -3.00. The number of aromatic nitrogens is 2. The zero-order chi connectivity index (χ0) is 21.7. The highest BCUT2D eigenvalue weighted by molar-refractivity contribution is 5.95. The van der Waals surface area contributed by atoms with E-state index in [9.17, 15) is 13.6 Å². The molecule has 0 radical (unpaired) electrons. The van der Waals surface area contributed by atoms with E-state index in [0.717, 1.165) is 5.56 Å². The van der Waals surface area contributed by atoms with E-state index in [2.05, 4.69) is 15.0 Å². The van der Waals surface area contributed by atoms with E-state index >= 15 is 0 Å². The summed E-state index contributed by atoms with van der Waals surface area (Å²) in [5.41, 5.74) is 1.02. The third kappa shape index (κ3) is 4.68. The molecule has 1 N–H and O–H groups in total. The Balaban J connectivity index is 1.90. The third-order valence-corrected chi connectivity index (χ3v) is 4.48. The Morgan fingerprint density at radius 3 is 2.37 bits per heavy atom. The average molecular weight is 417 g/mol. The largest absolute Gasteiger partial charge is 0.497 e. The molecule has 0 aliphatic carbocycles. The van der Waals surface area contributed by atoms with Crippen molar-refractivity contribution in [3.63, 3.8) is 0 Å². The molecule has 158 valence electrons. The molecule has 9 heteroatoms. The second-order valence-electron chi connectivity index (χ2n) is 6.32. The number of halogens is 2. The normalized spacial score (nSPS) is 11.8. The van der Waals surface area contributed by atoms with Gasteiger partial charge in [0, 0.05) is 25.0 Å². The van der Waals surface area contributed by atoms with Crippen molar-refractivity contribution in [3.05, 3.63) is 71.8 Å². The van der Waals surface area contributed by atoms with Crippen molar-refractivity contribution in [2.24, 2.45) is 7.05 Å². The van der Waals surface area contributed by atoms with Gasteiger partial charge in [0.05, 0.1) is 14.2 Å². The first-order valence-electron chi connectivity index (χ1n) is 8.97. The van der Waals surface area contributed by atoms with E-state index in [4.69, 9.17) is 9.47 Å². The molecule has 1 unspecified atom stereocenters. The fourth-order valence-corrected chi connectivity index (χ4v) is 2.97. The van der Waals surface area contributed by atoms with Gasteiger partial charge in [-0.05, 0) is 35.9 Å². The van der Waals surface area contributed by atoms with Gasteiger partial charge in [0.15, 0.2) is 11.5 Å². The first-order valence-corrected chi connectivity index (χ1v) is 8.97. The average Bonchev–Trinajstić information content (AvgIpc) is 3.17. The van der Waals surface area contributed by atoms with Crippen molar-refractivity contribution < 1.29 is 27.8 Å². The summed E-state index contributed by atoms with van der Waals surface area (Å²) >= 11 is 0. The van der Waals surface area contributed by atoms with Crippen LogP contribution in [0, 0.1) is 0 Å². The van der Waals surface area contributed by atoms with E-state index in [1.165, 1.54) is 25.3 Å². The van der Waals surface area contributed by atoms with Gasteiger partial charge in [0.1, 0.15) is 17.6 Å². The number of hydrogen-bond donors (Lipinski definition) is 1. The van der Waals surface area contributed by atoms with E-state index < -0.39 is 18.6 Å². The molecule has 0 saturated heterocycles. The van der Waals surface area contributed by atoms with Crippen molar-refractivity contribution in [3.8, 4) is 17.2 Å². The first-order chi connectivity index (χ1) is 14.4. The number of amides is 1. The number of aryl methyl sites for hydroxylation is 1. The van der Waals surface area contributed by atoms with Gasteiger partial charge < -0.3 is 24.1 Å². The Morgan fingerprint density at radius 1 is 1.07 bits per heavy atom. The summed E-state index contributed by atoms with van der Waals surface area (Å²) in [5.74, 6) is 0.752. The lowest BCUT2D eigenvalue weighted by Gasteiger charge is -2.20. The van der Waals surface area contributed by atoms with Gasteiger partial charge in [-0.1, -0.05) is 12.1 Å². The zero-order valence-electron chi connectivity index (χ0n) is 16.6.